The number of nitrogens with one attached hydrogen (secondary N) is 1. The molecule has 0 aliphatic carbocycles. The number of aryl methyl sites for hydroxylation is 1. The molecule has 1 N–H and O–H groups in total. The number of aromatic nitrogens is 3. The number of H-pyrrole nitrogens is 1. The van der Waals surface area contributed by atoms with Gasteiger partial charge in [0.05, 0.1) is 0 Å². The van der Waals surface area contributed by atoms with Gasteiger partial charge in [0, 0.05) is 32.7 Å². The third kappa shape index (κ3) is 2.13. The minimum Gasteiger partial charge on any atom is -0.494 e. The smallest absolute Gasteiger partial charge is 0 e. The average molecular weight is 280 g/mol. The van der Waals surface area contributed by atoms with Crippen LogP contribution in [0.1, 0.15) is 5.82 Å². The molecule has 0 aliphatic heterocycles. The molecule has 0 fully saturated rings. The molecule has 0 bridgehead atoms. The van der Waals surface area contributed by atoms with Gasteiger partial charge in [0.15, 0.2) is 0 Å². The molecule has 0 aromatic carbocycles. The first kappa shape index (κ1) is 12.0. The van der Waals surface area contributed by atoms with E-state index in [0.29, 0.717) is 0 Å². The molecule has 14 heavy (non-hydrogen) atoms. The summed E-state index contributed by atoms with van der Waals surface area (Å²) in [5, 5.41) is 0. The topological polar surface area (TPSA) is 33.6 Å². The predicted molar refractivity (Wildman–Crippen MR) is 52.1 cm³/mol. The molecule has 0 unspecified atom stereocenters. The number of hydrogen-bond donors (Lipinski definition) is 1. The summed E-state index contributed by atoms with van der Waals surface area (Å²) < 4.78 is 1.89. The summed E-state index contributed by atoms with van der Waals surface area (Å²) in [6.07, 6.45) is 11.7. The standard InChI is InChI=1S/C9H9N3S.Y/c1-7-11-3-4-12(7)8-5-10-6-9(8)13-2;/h3,6,10H,1-2H3;/q-2;. The average Bonchev–Trinajstić information content (AvgIpc) is 2.71. The van der Waals surface area contributed by atoms with Crippen molar-refractivity contribution in [2.24, 2.45) is 0 Å². The van der Waals surface area contributed by atoms with Crippen LogP contribution in [0, 0.1) is 19.3 Å². The summed E-state index contributed by atoms with van der Waals surface area (Å²) >= 11 is 1.68. The van der Waals surface area contributed by atoms with Gasteiger partial charge in [-0.3, -0.25) is 0 Å². The molecule has 2 heterocycles. The third-order valence-electron chi connectivity index (χ3n) is 1.83. The van der Waals surface area contributed by atoms with Gasteiger partial charge >= 0.3 is 0 Å². The van der Waals surface area contributed by atoms with Crippen molar-refractivity contribution >= 4 is 11.8 Å². The Kier molecular flexibility index (Phi) is 4.42. The van der Waals surface area contributed by atoms with Gasteiger partial charge in [-0.05, 0) is 18.3 Å². The van der Waals surface area contributed by atoms with Crippen molar-refractivity contribution in [2.45, 2.75) is 11.8 Å². The summed E-state index contributed by atoms with van der Waals surface area (Å²) in [6, 6.07) is 0. The van der Waals surface area contributed by atoms with Gasteiger partial charge < -0.3 is 14.5 Å². The molecular formula is C9H9N3SY-2. The van der Waals surface area contributed by atoms with Crippen LogP contribution >= 0.6 is 11.8 Å². The van der Waals surface area contributed by atoms with Crippen LogP contribution in [0.2, 0.25) is 0 Å². The molecule has 0 amide bonds. The van der Waals surface area contributed by atoms with Crippen molar-refractivity contribution < 1.29 is 32.7 Å². The Bertz CT molecular complexity index is 408. The van der Waals surface area contributed by atoms with Crippen molar-refractivity contribution in [3.8, 4) is 5.69 Å². The fraction of sp³-hybridized carbons (Fsp3) is 0.222. The fourth-order valence-corrected chi connectivity index (χ4v) is 1.69. The molecule has 0 saturated heterocycles. The van der Waals surface area contributed by atoms with E-state index in [1.54, 1.807) is 18.0 Å². The van der Waals surface area contributed by atoms with Crippen LogP contribution in [-0.2, 0) is 32.7 Å². The van der Waals surface area contributed by atoms with Crippen LogP contribution < -0.4 is 0 Å². The number of thioether (sulfide) groups is 1. The molecule has 0 aliphatic rings. The second kappa shape index (κ2) is 5.15. The summed E-state index contributed by atoms with van der Waals surface area (Å²) in [7, 11) is 0. The number of aromatic amines is 1. The molecule has 0 atom stereocenters. The largest absolute Gasteiger partial charge is 0.494 e. The second-order valence-corrected chi connectivity index (χ2v) is 3.45. The van der Waals surface area contributed by atoms with Crippen LogP contribution in [0.25, 0.3) is 5.69 Å². The minimum absolute atomic E-state index is 0. The zero-order valence-corrected chi connectivity index (χ0v) is 11.7. The zero-order valence-electron chi connectivity index (χ0n) is 8.03. The van der Waals surface area contributed by atoms with Crippen molar-refractivity contribution in [1.29, 1.82) is 0 Å². The first-order valence-electron chi connectivity index (χ1n) is 3.88. The molecular weight excluding hydrogens is 271 g/mol. The van der Waals surface area contributed by atoms with Crippen LogP contribution in [0.4, 0.5) is 0 Å². The first-order valence-corrected chi connectivity index (χ1v) is 5.11. The van der Waals surface area contributed by atoms with Crippen LogP contribution in [0.5, 0.6) is 0 Å². The normalized spacial score (nSPS) is 9.86. The van der Waals surface area contributed by atoms with Crippen LogP contribution in [0.15, 0.2) is 17.3 Å². The predicted octanol–water partition coefficient (Wildman–Crippen LogP) is 1.83. The second-order valence-electron chi connectivity index (χ2n) is 2.60. The van der Waals surface area contributed by atoms with E-state index in [1.165, 1.54) is 0 Å². The van der Waals surface area contributed by atoms with E-state index < -0.39 is 0 Å². The van der Waals surface area contributed by atoms with Gasteiger partial charge in [0.1, 0.15) is 0 Å². The Labute approximate surface area is 113 Å². The first-order chi connectivity index (χ1) is 6.33. The maximum absolute atomic E-state index is 4.11. The SMILES string of the molecule is CSc1c[nH][c-]c1-n1[c-]cnc1C.[Y]. The van der Waals surface area contributed by atoms with Crippen molar-refractivity contribution in [3.05, 3.63) is 30.6 Å². The van der Waals surface area contributed by atoms with Gasteiger partial charge in [-0.25, -0.2) is 11.8 Å². The van der Waals surface area contributed by atoms with E-state index in [0.717, 1.165) is 16.4 Å². The Hall–Kier alpha value is -0.0561. The summed E-state index contributed by atoms with van der Waals surface area (Å²) in [4.78, 5) is 8.21. The van der Waals surface area contributed by atoms with E-state index in [-0.39, 0.29) is 32.7 Å². The molecule has 2 aromatic heterocycles. The summed E-state index contributed by atoms with van der Waals surface area (Å²) in [6.45, 7) is 1.95. The van der Waals surface area contributed by atoms with E-state index in [1.807, 2.05) is 23.9 Å². The van der Waals surface area contributed by atoms with Gasteiger partial charge in [0.25, 0.3) is 0 Å². The quantitative estimate of drug-likeness (QED) is 0.672. The molecule has 2 aromatic rings. The van der Waals surface area contributed by atoms with Gasteiger partial charge in [-0.1, -0.05) is 13.1 Å². The Morgan fingerprint density at radius 3 is 2.93 bits per heavy atom. The van der Waals surface area contributed by atoms with Crippen LogP contribution in [-0.4, -0.2) is 20.8 Å². The molecule has 1 radical (unpaired) electrons. The Balaban J connectivity index is 0.000000980. The molecule has 3 nitrogen and oxygen atoms in total. The molecule has 5 heteroatoms. The maximum Gasteiger partial charge on any atom is 0 e. The molecule has 71 valence electrons. The Morgan fingerprint density at radius 1 is 1.57 bits per heavy atom. The molecule has 0 saturated carbocycles. The molecule has 0 spiro atoms. The fourth-order valence-electron chi connectivity index (χ4n) is 1.18. The summed E-state index contributed by atoms with van der Waals surface area (Å²) in [5.74, 6) is 0.922. The van der Waals surface area contributed by atoms with E-state index in [2.05, 4.69) is 22.4 Å². The number of hydrogen-bond acceptors (Lipinski definition) is 2. The van der Waals surface area contributed by atoms with Gasteiger partial charge in [-0.15, -0.1) is 0 Å². The molecule has 2 rings (SSSR count). The van der Waals surface area contributed by atoms with E-state index in [9.17, 15) is 0 Å². The van der Waals surface area contributed by atoms with Crippen molar-refractivity contribution in [1.82, 2.24) is 14.5 Å². The number of rotatable bonds is 2. The van der Waals surface area contributed by atoms with Crippen LogP contribution in [0.3, 0.4) is 0 Å². The number of imidazole rings is 1. The van der Waals surface area contributed by atoms with Gasteiger partial charge in [0.2, 0.25) is 0 Å². The summed E-state index contributed by atoms with van der Waals surface area (Å²) in [5.41, 5.74) is 0.988. The zero-order chi connectivity index (χ0) is 9.26. The monoisotopic (exact) mass is 280 g/mol. The van der Waals surface area contributed by atoms with E-state index >= 15 is 0 Å². The maximum atomic E-state index is 4.11. The minimum atomic E-state index is 0. The third-order valence-corrected chi connectivity index (χ3v) is 2.58. The van der Waals surface area contributed by atoms with Gasteiger partial charge in [-0.2, -0.15) is 23.0 Å². The Morgan fingerprint density at radius 2 is 2.36 bits per heavy atom. The van der Waals surface area contributed by atoms with Crippen molar-refractivity contribution in [2.75, 3.05) is 6.26 Å². The van der Waals surface area contributed by atoms with E-state index in [4.69, 9.17) is 0 Å². The number of nitrogens with zero attached hydrogens (tertiary/aromatic N) is 2. The van der Waals surface area contributed by atoms with Crippen molar-refractivity contribution in [3.63, 3.8) is 0 Å².